The van der Waals surface area contributed by atoms with Crippen molar-refractivity contribution in [3.8, 4) is 11.5 Å². The molecule has 1 atom stereocenters. The molecule has 25 heavy (non-hydrogen) atoms. The number of amides is 1. The summed E-state index contributed by atoms with van der Waals surface area (Å²) in [5.41, 5.74) is 2.25. The van der Waals surface area contributed by atoms with E-state index in [4.69, 9.17) is 9.47 Å². The zero-order valence-corrected chi connectivity index (χ0v) is 14.8. The van der Waals surface area contributed by atoms with E-state index in [-0.39, 0.29) is 18.6 Å². The summed E-state index contributed by atoms with van der Waals surface area (Å²) in [6.45, 7) is 1.97. The molecular formula is C20H21NO3S. The van der Waals surface area contributed by atoms with Crippen LogP contribution in [0.5, 0.6) is 11.5 Å². The van der Waals surface area contributed by atoms with Gasteiger partial charge in [0.05, 0.1) is 0 Å². The Hall–Kier alpha value is -2.14. The molecule has 2 aliphatic rings. The first-order chi connectivity index (χ1) is 12.3. The molecule has 0 radical (unpaired) electrons. The summed E-state index contributed by atoms with van der Waals surface area (Å²) >= 11 is 1.92. The van der Waals surface area contributed by atoms with Gasteiger partial charge in [-0.25, -0.2) is 0 Å². The summed E-state index contributed by atoms with van der Waals surface area (Å²) < 4.78 is 10.9. The van der Waals surface area contributed by atoms with E-state index >= 15 is 0 Å². The topological polar surface area (TPSA) is 38.8 Å². The highest BCUT2D eigenvalue weighted by atomic mass is 32.2. The molecule has 0 N–H and O–H groups in total. The fourth-order valence-electron chi connectivity index (χ4n) is 3.36. The van der Waals surface area contributed by atoms with Gasteiger partial charge in [0.25, 0.3) is 0 Å². The van der Waals surface area contributed by atoms with Crippen molar-refractivity contribution in [2.24, 2.45) is 0 Å². The lowest BCUT2D eigenvalue weighted by Crippen LogP contribution is -2.38. The number of thioether (sulfide) groups is 1. The second-order valence-electron chi connectivity index (χ2n) is 6.27. The van der Waals surface area contributed by atoms with Gasteiger partial charge in [0.15, 0.2) is 11.5 Å². The van der Waals surface area contributed by atoms with Gasteiger partial charge < -0.3 is 14.4 Å². The Morgan fingerprint density at radius 1 is 1.00 bits per heavy atom. The largest absolute Gasteiger partial charge is 0.454 e. The average molecular weight is 355 g/mol. The predicted molar refractivity (Wildman–Crippen MR) is 99.4 cm³/mol. The average Bonchev–Trinajstić information content (AvgIpc) is 3.15. The summed E-state index contributed by atoms with van der Waals surface area (Å²) in [5, 5.41) is 0. The molecule has 0 aliphatic carbocycles. The van der Waals surface area contributed by atoms with E-state index < -0.39 is 0 Å². The quantitative estimate of drug-likeness (QED) is 0.841. The summed E-state index contributed by atoms with van der Waals surface area (Å²) in [6.07, 6.45) is 0.480. The van der Waals surface area contributed by atoms with Gasteiger partial charge in [-0.3, -0.25) is 4.79 Å². The first-order valence-corrected chi connectivity index (χ1v) is 9.77. The number of ether oxygens (including phenoxy) is 2. The van der Waals surface area contributed by atoms with E-state index in [1.807, 2.05) is 53.1 Å². The van der Waals surface area contributed by atoms with Gasteiger partial charge in [0.1, 0.15) is 0 Å². The number of hydrogen-bond donors (Lipinski definition) is 0. The van der Waals surface area contributed by atoms with E-state index in [0.29, 0.717) is 6.42 Å². The van der Waals surface area contributed by atoms with Crippen molar-refractivity contribution in [2.75, 3.05) is 31.4 Å². The van der Waals surface area contributed by atoms with Crippen LogP contribution < -0.4 is 9.47 Å². The summed E-state index contributed by atoms with van der Waals surface area (Å²) in [6, 6.07) is 16.2. The van der Waals surface area contributed by atoms with Crippen molar-refractivity contribution in [1.82, 2.24) is 4.90 Å². The second kappa shape index (κ2) is 7.40. The Morgan fingerprint density at radius 2 is 1.76 bits per heavy atom. The van der Waals surface area contributed by atoms with Crippen molar-refractivity contribution in [3.63, 3.8) is 0 Å². The van der Waals surface area contributed by atoms with Crippen LogP contribution in [0.4, 0.5) is 0 Å². The van der Waals surface area contributed by atoms with Crippen LogP contribution in [0.25, 0.3) is 0 Å². The van der Waals surface area contributed by atoms with E-state index in [0.717, 1.165) is 47.2 Å². The van der Waals surface area contributed by atoms with Gasteiger partial charge >= 0.3 is 0 Å². The zero-order valence-electron chi connectivity index (χ0n) is 14.0. The number of hydrogen-bond acceptors (Lipinski definition) is 4. The molecule has 1 fully saturated rings. The number of carbonyl (C=O) groups excluding carboxylic acids is 1. The van der Waals surface area contributed by atoms with Crippen LogP contribution in [0.15, 0.2) is 48.5 Å². The lowest BCUT2D eigenvalue weighted by Gasteiger charge is -2.28. The molecule has 5 heteroatoms. The summed E-state index contributed by atoms with van der Waals surface area (Å²) in [7, 11) is 0. The van der Waals surface area contributed by atoms with Gasteiger partial charge in [-0.15, -0.1) is 0 Å². The number of carbonyl (C=O) groups is 1. The maximum absolute atomic E-state index is 12.8. The molecule has 0 aromatic heterocycles. The monoisotopic (exact) mass is 355 g/mol. The number of fused-ring (bicyclic) bond motifs is 1. The van der Waals surface area contributed by atoms with Crippen molar-refractivity contribution >= 4 is 17.7 Å². The molecule has 1 saturated heterocycles. The first-order valence-electron chi connectivity index (χ1n) is 8.61. The fourth-order valence-corrected chi connectivity index (χ4v) is 4.26. The smallest absolute Gasteiger partial charge is 0.231 e. The third-order valence-corrected chi connectivity index (χ3v) is 5.69. The number of nitrogens with zero attached hydrogens (tertiary/aromatic N) is 1. The maximum atomic E-state index is 12.8. The van der Waals surface area contributed by atoms with E-state index in [1.165, 1.54) is 0 Å². The van der Waals surface area contributed by atoms with Gasteiger partial charge in [0.2, 0.25) is 12.7 Å². The molecule has 0 saturated carbocycles. The molecule has 4 nitrogen and oxygen atoms in total. The van der Waals surface area contributed by atoms with Crippen LogP contribution in [0.1, 0.15) is 23.5 Å². The summed E-state index contributed by atoms with van der Waals surface area (Å²) in [5.74, 6) is 3.86. The Bertz CT molecular complexity index is 744. The standard InChI is InChI=1S/C20H21NO3S/c22-20(21-8-10-25-11-9-21)13-17(15-4-2-1-3-5-15)16-6-7-18-19(12-16)24-14-23-18/h1-7,12,17H,8-11,13-14H2/t17-/m1/s1. The van der Waals surface area contributed by atoms with Crippen LogP contribution in [-0.2, 0) is 4.79 Å². The van der Waals surface area contributed by atoms with E-state index in [9.17, 15) is 4.79 Å². The molecule has 0 bridgehead atoms. The minimum absolute atomic E-state index is 0.0257. The highest BCUT2D eigenvalue weighted by molar-refractivity contribution is 7.99. The van der Waals surface area contributed by atoms with Crippen LogP contribution in [0, 0.1) is 0 Å². The molecule has 130 valence electrons. The Kier molecular flexibility index (Phi) is 4.83. The molecule has 1 amide bonds. The lowest BCUT2D eigenvalue weighted by atomic mass is 9.88. The molecule has 0 spiro atoms. The van der Waals surface area contributed by atoms with Gasteiger partial charge in [-0.05, 0) is 23.3 Å². The maximum Gasteiger partial charge on any atom is 0.231 e. The van der Waals surface area contributed by atoms with Crippen LogP contribution in [0.3, 0.4) is 0 Å². The zero-order chi connectivity index (χ0) is 17.1. The van der Waals surface area contributed by atoms with Crippen LogP contribution in [-0.4, -0.2) is 42.2 Å². The Morgan fingerprint density at radius 3 is 2.56 bits per heavy atom. The SMILES string of the molecule is O=C(C[C@H](c1ccccc1)c1ccc2c(c1)OCO2)N1CCSCC1. The van der Waals surface area contributed by atoms with Gasteiger partial charge in [0, 0.05) is 36.9 Å². The molecule has 2 aliphatic heterocycles. The number of benzene rings is 2. The van der Waals surface area contributed by atoms with Crippen molar-refractivity contribution in [2.45, 2.75) is 12.3 Å². The molecule has 2 heterocycles. The predicted octanol–water partition coefficient (Wildman–Crippen LogP) is 3.51. The molecule has 2 aromatic carbocycles. The van der Waals surface area contributed by atoms with Gasteiger partial charge in [-0.1, -0.05) is 36.4 Å². The molecule has 4 rings (SSSR count). The van der Waals surface area contributed by atoms with Crippen molar-refractivity contribution < 1.29 is 14.3 Å². The van der Waals surface area contributed by atoms with Crippen molar-refractivity contribution in [3.05, 3.63) is 59.7 Å². The highest BCUT2D eigenvalue weighted by Gasteiger charge is 2.25. The Labute approximate surface area is 152 Å². The minimum Gasteiger partial charge on any atom is -0.454 e. The molecular weight excluding hydrogens is 334 g/mol. The van der Waals surface area contributed by atoms with Crippen LogP contribution in [0.2, 0.25) is 0 Å². The normalized spacial score (nSPS) is 17.4. The lowest BCUT2D eigenvalue weighted by molar-refractivity contribution is -0.131. The van der Waals surface area contributed by atoms with Crippen LogP contribution >= 0.6 is 11.8 Å². The number of rotatable bonds is 4. The van der Waals surface area contributed by atoms with Crippen molar-refractivity contribution in [1.29, 1.82) is 0 Å². The first kappa shape index (κ1) is 16.3. The summed E-state index contributed by atoms with van der Waals surface area (Å²) in [4.78, 5) is 14.8. The van der Waals surface area contributed by atoms with E-state index in [2.05, 4.69) is 12.1 Å². The Balaban J connectivity index is 1.61. The highest BCUT2D eigenvalue weighted by Crippen LogP contribution is 2.37. The third kappa shape index (κ3) is 3.61. The molecule has 2 aromatic rings. The van der Waals surface area contributed by atoms with E-state index in [1.54, 1.807) is 0 Å². The molecule has 0 unspecified atom stereocenters. The fraction of sp³-hybridized carbons (Fsp3) is 0.350. The third-order valence-electron chi connectivity index (χ3n) is 4.74. The van der Waals surface area contributed by atoms with Gasteiger partial charge in [-0.2, -0.15) is 11.8 Å². The minimum atomic E-state index is 0.0257. The second-order valence-corrected chi connectivity index (χ2v) is 7.50.